The Balaban J connectivity index is 1.72. The van der Waals surface area contributed by atoms with Crippen LogP contribution in [0.2, 0.25) is 5.02 Å². The lowest BCUT2D eigenvalue weighted by molar-refractivity contribution is -0.130. The van der Waals surface area contributed by atoms with Gasteiger partial charge in [0.15, 0.2) is 0 Å². The Bertz CT molecular complexity index is 1190. The molecule has 0 aliphatic carbocycles. The van der Waals surface area contributed by atoms with E-state index >= 15 is 0 Å². The highest BCUT2D eigenvalue weighted by atomic mass is 35.5. The molecule has 1 aromatic heterocycles. The zero-order valence-electron chi connectivity index (χ0n) is 17.5. The quantitative estimate of drug-likeness (QED) is 0.556. The second kappa shape index (κ2) is 8.75. The third-order valence-electron chi connectivity index (χ3n) is 5.02. The van der Waals surface area contributed by atoms with Crippen LogP contribution < -0.4 is 0 Å². The summed E-state index contributed by atoms with van der Waals surface area (Å²) >= 11 is 6.01. The first kappa shape index (κ1) is 22.3. The number of carbonyl (C=O) groups is 1. The lowest BCUT2D eigenvalue weighted by Crippen LogP contribution is -2.26. The number of nitrogens with zero attached hydrogens (tertiary/aromatic N) is 4. The van der Waals surface area contributed by atoms with Crippen molar-refractivity contribution in [1.29, 1.82) is 0 Å². The van der Waals surface area contributed by atoms with Crippen molar-refractivity contribution in [2.24, 2.45) is 7.05 Å². The van der Waals surface area contributed by atoms with Crippen molar-refractivity contribution in [2.45, 2.75) is 24.3 Å². The van der Waals surface area contributed by atoms with E-state index in [2.05, 4.69) is 4.98 Å². The summed E-state index contributed by atoms with van der Waals surface area (Å²) in [7, 11) is 3.09. The molecule has 0 aliphatic rings. The molecule has 0 bridgehead atoms. The fraction of sp³-hybridized carbons (Fsp3) is 0.333. The Morgan fingerprint density at radius 3 is 2.53 bits per heavy atom. The van der Waals surface area contributed by atoms with E-state index < -0.39 is 10.0 Å². The second-order valence-electron chi connectivity index (χ2n) is 7.40. The number of halogens is 1. The molecule has 1 heterocycles. The summed E-state index contributed by atoms with van der Waals surface area (Å²) in [5.41, 5.74) is 2.38. The lowest BCUT2D eigenvalue weighted by atomic mass is 10.2. The number of rotatable bonds is 7. The summed E-state index contributed by atoms with van der Waals surface area (Å²) in [6.07, 6.45) is 0.761. The van der Waals surface area contributed by atoms with Crippen LogP contribution in [0.3, 0.4) is 0 Å². The summed E-state index contributed by atoms with van der Waals surface area (Å²) in [5.74, 6) is 0.729. The van der Waals surface area contributed by atoms with Crippen molar-refractivity contribution in [3.63, 3.8) is 0 Å². The van der Waals surface area contributed by atoms with Crippen molar-refractivity contribution in [3.05, 3.63) is 58.9 Å². The first-order valence-corrected chi connectivity index (χ1v) is 11.3. The fourth-order valence-corrected chi connectivity index (χ4v) is 4.37. The summed E-state index contributed by atoms with van der Waals surface area (Å²) < 4.78 is 27.8. The van der Waals surface area contributed by atoms with E-state index in [1.807, 2.05) is 29.8 Å². The van der Waals surface area contributed by atoms with Crippen LogP contribution in [0.25, 0.3) is 11.0 Å². The van der Waals surface area contributed by atoms with Gasteiger partial charge in [0.05, 0.1) is 15.9 Å². The maximum Gasteiger partial charge on any atom is 0.242 e. The normalized spacial score (nSPS) is 11.9. The largest absolute Gasteiger partial charge is 0.341 e. The summed E-state index contributed by atoms with van der Waals surface area (Å²) in [6.45, 7) is 0.480. The first-order chi connectivity index (χ1) is 14.1. The number of aromatic nitrogens is 2. The number of carbonyl (C=O) groups excluding carboxylic acids is 1. The highest BCUT2D eigenvalue weighted by Gasteiger charge is 2.19. The van der Waals surface area contributed by atoms with Gasteiger partial charge in [0, 0.05) is 52.6 Å². The van der Waals surface area contributed by atoms with Gasteiger partial charge in [-0.1, -0.05) is 23.7 Å². The Kier molecular flexibility index (Phi) is 6.50. The van der Waals surface area contributed by atoms with Gasteiger partial charge in [0.1, 0.15) is 5.82 Å². The maximum absolute atomic E-state index is 12.6. The molecule has 0 saturated heterocycles. The number of hydrogen-bond donors (Lipinski definition) is 0. The van der Waals surface area contributed by atoms with Gasteiger partial charge in [-0.2, -0.15) is 0 Å². The van der Waals surface area contributed by atoms with Crippen molar-refractivity contribution in [3.8, 4) is 0 Å². The van der Waals surface area contributed by atoms with E-state index in [-0.39, 0.29) is 10.8 Å². The van der Waals surface area contributed by atoms with Crippen LogP contribution in [0.4, 0.5) is 0 Å². The highest BCUT2D eigenvalue weighted by molar-refractivity contribution is 7.89. The number of amides is 1. The van der Waals surface area contributed by atoms with Crippen LogP contribution in [0.5, 0.6) is 0 Å². The molecule has 0 radical (unpaired) electrons. The van der Waals surface area contributed by atoms with Crippen molar-refractivity contribution in [2.75, 3.05) is 21.1 Å². The molecule has 9 heteroatoms. The Labute approximate surface area is 181 Å². The third-order valence-corrected chi connectivity index (χ3v) is 7.07. The summed E-state index contributed by atoms with van der Waals surface area (Å²) in [6, 6.07) is 12.3. The molecule has 160 valence electrons. The molecule has 0 fully saturated rings. The minimum atomic E-state index is -3.53. The molecule has 2 aromatic carbocycles. The number of hydrogen-bond acceptors (Lipinski definition) is 4. The Morgan fingerprint density at radius 2 is 1.87 bits per heavy atom. The average Bonchev–Trinajstić information content (AvgIpc) is 3.01. The molecule has 3 rings (SSSR count). The molecular formula is C21H25ClN4O3S. The predicted molar refractivity (Wildman–Crippen MR) is 118 cm³/mol. The molecule has 0 N–H and O–H groups in total. The van der Waals surface area contributed by atoms with Crippen molar-refractivity contribution >= 4 is 38.6 Å². The van der Waals surface area contributed by atoms with Gasteiger partial charge in [0.25, 0.3) is 0 Å². The van der Waals surface area contributed by atoms with E-state index in [0.29, 0.717) is 29.9 Å². The zero-order chi connectivity index (χ0) is 22.1. The maximum atomic E-state index is 12.6. The van der Waals surface area contributed by atoms with Crippen molar-refractivity contribution in [1.82, 2.24) is 18.8 Å². The summed E-state index contributed by atoms with van der Waals surface area (Å²) in [5, 5.41) is 0.642. The van der Waals surface area contributed by atoms with Gasteiger partial charge in [-0.05, 0) is 35.9 Å². The molecule has 0 spiro atoms. The van der Waals surface area contributed by atoms with Crippen LogP contribution >= 0.6 is 11.6 Å². The second-order valence-corrected chi connectivity index (χ2v) is 9.99. The van der Waals surface area contributed by atoms with Crippen LogP contribution in [0, 0.1) is 0 Å². The van der Waals surface area contributed by atoms with Crippen LogP contribution in [0.15, 0.2) is 47.4 Å². The molecule has 3 aromatic rings. The van der Waals surface area contributed by atoms with E-state index in [1.165, 1.54) is 18.4 Å². The molecule has 0 aliphatic heterocycles. The zero-order valence-corrected chi connectivity index (χ0v) is 19.0. The van der Waals surface area contributed by atoms with E-state index in [9.17, 15) is 13.2 Å². The van der Waals surface area contributed by atoms with Gasteiger partial charge in [0.2, 0.25) is 15.9 Å². The van der Waals surface area contributed by atoms with Gasteiger partial charge in [-0.25, -0.2) is 17.7 Å². The predicted octanol–water partition coefficient (Wildman–Crippen LogP) is 3.07. The molecule has 7 nitrogen and oxygen atoms in total. The van der Waals surface area contributed by atoms with Gasteiger partial charge < -0.3 is 9.47 Å². The number of benzene rings is 2. The fourth-order valence-electron chi connectivity index (χ4n) is 3.23. The average molecular weight is 449 g/mol. The SMILES string of the molecule is CN(Cc1cccc(Cl)c1)C(=O)CCc1nc2cc(S(=O)(=O)N(C)C)ccc2n1C. The molecule has 0 atom stereocenters. The molecular weight excluding hydrogens is 424 g/mol. The molecule has 30 heavy (non-hydrogen) atoms. The third kappa shape index (κ3) is 4.66. The first-order valence-electron chi connectivity index (χ1n) is 9.46. The van der Waals surface area contributed by atoms with E-state index in [1.54, 1.807) is 36.2 Å². The standard InChI is InChI=1S/C21H25ClN4O3S/c1-24(2)30(28,29)17-8-9-19-18(13-17)23-20(26(19)4)10-11-21(27)25(3)14-15-6-5-7-16(22)12-15/h5-9,12-13H,10-11,14H2,1-4H3. The molecule has 0 unspecified atom stereocenters. The summed E-state index contributed by atoms with van der Waals surface area (Å²) in [4.78, 5) is 19.0. The highest BCUT2D eigenvalue weighted by Crippen LogP contribution is 2.22. The van der Waals surface area contributed by atoms with E-state index in [0.717, 1.165) is 16.9 Å². The van der Waals surface area contributed by atoms with Crippen LogP contribution in [-0.2, 0) is 34.8 Å². The Hall–Kier alpha value is -2.42. The minimum Gasteiger partial charge on any atom is -0.341 e. The smallest absolute Gasteiger partial charge is 0.242 e. The topological polar surface area (TPSA) is 75.5 Å². The van der Waals surface area contributed by atoms with Gasteiger partial charge in [-0.15, -0.1) is 0 Å². The monoisotopic (exact) mass is 448 g/mol. The van der Waals surface area contributed by atoms with Crippen LogP contribution in [0.1, 0.15) is 17.8 Å². The van der Waals surface area contributed by atoms with Crippen molar-refractivity contribution < 1.29 is 13.2 Å². The van der Waals surface area contributed by atoms with Crippen LogP contribution in [-0.4, -0.2) is 54.2 Å². The number of sulfonamides is 1. The van der Waals surface area contributed by atoms with E-state index in [4.69, 9.17) is 11.6 Å². The molecule has 0 saturated carbocycles. The number of fused-ring (bicyclic) bond motifs is 1. The Morgan fingerprint density at radius 1 is 1.13 bits per heavy atom. The number of imidazole rings is 1. The van der Waals surface area contributed by atoms with Gasteiger partial charge in [-0.3, -0.25) is 4.79 Å². The van der Waals surface area contributed by atoms with Gasteiger partial charge >= 0.3 is 0 Å². The molecule has 1 amide bonds. The lowest BCUT2D eigenvalue weighted by Gasteiger charge is -2.17. The number of aryl methyl sites for hydroxylation is 2. The minimum absolute atomic E-state index is 0.00194.